The topological polar surface area (TPSA) is 85.8 Å². The van der Waals surface area contributed by atoms with Crippen LogP contribution < -0.4 is 0 Å². The van der Waals surface area contributed by atoms with E-state index in [1.807, 2.05) is 15.4 Å². The van der Waals surface area contributed by atoms with Crippen LogP contribution >= 0.6 is 11.8 Å². The van der Waals surface area contributed by atoms with Gasteiger partial charge >= 0.3 is 5.97 Å². The second kappa shape index (κ2) is 6.75. The molecular formula is C13H19N5O2S. The Hall–Kier alpha value is -1.83. The number of aromatic nitrogens is 5. The van der Waals surface area contributed by atoms with Gasteiger partial charge in [-0.05, 0) is 20.3 Å². The molecular weight excluding hydrogens is 290 g/mol. The van der Waals surface area contributed by atoms with Crippen molar-refractivity contribution >= 4 is 17.7 Å². The van der Waals surface area contributed by atoms with Crippen LogP contribution in [0, 0.1) is 0 Å². The first-order valence-electron chi connectivity index (χ1n) is 6.86. The molecule has 1 N–H and O–H groups in total. The molecule has 0 aliphatic heterocycles. The average molecular weight is 309 g/mol. The standard InChI is InChI=1S/C13H19N5O2S/c1-4-5-11-15-16-13(21-8-12(19)20)18(11)10-6-14-17(7-10)9(2)3/h6-7,9H,4-5,8H2,1-3H3,(H,19,20). The summed E-state index contributed by atoms with van der Waals surface area (Å²) in [6.45, 7) is 6.17. The van der Waals surface area contributed by atoms with Crippen LogP contribution in [-0.4, -0.2) is 41.4 Å². The minimum Gasteiger partial charge on any atom is -0.481 e. The average Bonchev–Trinajstić information content (AvgIpc) is 3.03. The molecule has 114 valence electrons. The summed E-state index contributed by atoms with van der Waals surface area (Å²) >= 11 is 1.17. The van der Waals surface area contributed by atoms with Gasteiger partial charge in [0.15, 0.2) is 5.16 Å². The lowest BCUT2D eigenvalue weighted by Gasteiger charge is -2.07. The van der Waals surface area contributed by atoms with Gasteiger partial charge in [0.05, 0.1) is 17.6 Å². The summed E-state index contributed by atoms with van der Waals surface area (Å²) in [4.78, 5) is 10.8. The molecule has 2 aromatic rings. The Morgan fingerprint density at radius 2 is 2.19 bits per heavy atom. The van der Waals surface area contributed by atoms with Gasteiger partial charge in [0.2, 0.25) is 0 Å². The highest BCUT2D eigenvalue weighted by Gasteiger charge is 2.16. The molecule has 0 atom stereocenters. The van der Waals surface area contributed by atoms with Crippen LogP contribution in [-0.2, 0) is 11.2 Å². The third-order valence-electron chi connectivity index (χ3n) is 2.87. The summed E-state index contributed by atoms with van der Waals surface area (Å²) in [5.74, 6) is -0.0825. The number of thioether (sulfide) groups is 1. The smallest absolute Gasteiger partial charge is 0.313 e. The predicted molar refractivity (Wildman–Crippen MR) is 79.9 cm³/mol. The number of carboxylic acid groups (broad SMARTS) is 1. The van der Waals surface area contributed by atoms with Crippen molar-refractivity contribution in [2.75, 3.05) is 5.75 Å². The van der Waals surface area contributed by atoms with Crippen molar-refractivity contribution in [2.45, 2.75) is 44.8 Å². The third kappa shape index (κ3) is 3.63. The van der Waals surface area contributed by atoms with E-state index in [4.69, 9.17) is 5.11 Å². The van der Waals surface area contributed by atoms with Gasteiger partial charge in [-0.15, -0.1) is 10.2 Å². The van der Waals surface area contributed by atoms with Crippen LogP contribution in [0.1, 0.15) is 39.1 Å². The summed E-state index contributed by atoms with van der Waals surface area (Å²) < 4.78 is 3.75. The van der Waals surface area contributed by atoms with E-state index in [2.05, 4.69) is 36.1 Å². The molecule has 2 aromatic heterocycles. The van der Waals surface area contributed by atoms with Gasteiger partial charge in [-0.3, -0.25) is 14.0 Å². The van der Waals surface area contributed by atoms with E-state index < -0.39 is 5.97 Å². The van der Waals surface area contributed by atoms with Gasteiger partial charge in [-0.2, -0.15) is 5.10 Å². The van der Waals surface area contributed by atoms with E-state index in [0.717, 1.165) is 24.4 Å². The Balaban J connectivity index is 2.36. The van der Waals surface area contributed by atoms with Crippen LogP contribution in [0.5, 0.6) is 0 Å². The van der Waals surface area contributed by atoms with Gasteiger partial charge in [0, 0.05) is 18.7 Å². The predicted octanol–water partition coefficient (Wildman–Crippen LogP) is 2.17. The second-order valence-electron chi connectivity index (χ2n) is 4.94. The number of aryl methyl sites for hydroxylation is 1. The summed E-state index contributed by atoms with van der Waals surface area (Å²) in [5.41, 5.74) is 0.866. The van der Waals surface area contributed by atoms with E-state index in [1.54, 1.807) is 6.20 Å². The van der Waals surface area contributed by atoms with Crippen molar-refractivity contribution in [1.82, 2.24) is 24.5 Å². The minimum absolute atomic E-state index is 0.0391. The molecule has 0 saturated carbocycles. The van der Waals surface area contributed by atoms with Crippen LogP contribution in [0.15, 0.2) is 17.6 Å². The summed E-state index contributed by atoms with van der Waals surface area (Å²) in [5, 5.41) is 22.0. The number of carbonyl (C=O) groups is 1. The van der Waals surface area contributed by atoms with E-state index >= 15 is 0 Å². The zero-order valence-electron chi connectivity index (χ0n) is 12.4. The molecule has 7 nitrogen and oxygen atoms in total. The highest BCUT2D eigenvalue weighted by molar-refractivity contribution is 7.99. The Morgan fingerprint density at radius 1 is 1.43 bits per heavy atom. The number of rotatable bonds is 7. The fourth-order valence-electron chi connectivity index (χ4n) is 1.89. The summed E-state index contributed by atoms with van der Waals surface area (Å²) in [6, 6.07) is 0.264. The lowest BCUT2D eigenvalue weighted by Crippen LogP contribution is -2.05. The van der Waals surface area contributed by atoms with Crippen molar-refractivity contribution < 1.29 is 9.90 Å². The molecule has 0 spiro atoms. The van der Waals surface area contributed by atoms with Gasteiger partial charge in [0.1, 0.15) is 5.82 Å². The number of nitrogens with zero attached hydrogens (tertiary/aromatic N) is 5. The Labute approximate surface area is 127 Å². The van der Waals surface area contributed by atoms with Crippen LogP contribution in [0.3, 0.4) is 0 Å². The molecule has 0 unspecified atom stereocenters. The number of aliphatic carboxylic acids is 1. The Kier molecular flexibility index (Phi) is 5.00. The van der Waals surface area contributed by atoms with Crippen molar-refractivity contribution in [2.24, 2.45) is 0 Å². The highest BCUT2D eigenvalue weighted by atomic mass is 32.2. The molecule has 0 amide bonds. The lowest BCUT2D eigenvalue weighted by molar-refractivity contribution is -0.133. The molecule has 0 radical (unpaired) electrons. The fourth-order valence-corrected chi connectivity index (χ4v) is 2.58. The van der Waals surface area contributed by atoms with E-state index in [0.29, 0.717) is 5.16 Å². The molecule has 0 aliphatic rings. The molecule has 0 bridgehead atoms. The Morgan fingerprint density at radius 3 is 2.76 bits per heavy atom. The fraction of sp³-hybridized carbons (Fsp3) is 0.538. The summed E-state index contributed by atoms with van der Waals surface area (Å²) in [7, 11) is 0. The quantitative estimate of drug-likeness (QED) is 0.789. The first-order valence-corrected chi connectivity index (χ1v) is 7.85. The van der Waals surface area contributed by atoms with Crippen LogP contribution in [0.2, 0.25) is 0 Å². The second-order valence-corrected chi connectivity index (χ2v) is 5.88. The number of hydrogen-bond donors (Lipinski definition) is 1. The molecule has 0 fully saturated rings. The molecule has 8 heteroatoms. The van der Waals surface area contributed by atoms with E-state index in [9.17, 15) is 4.79 Å². The SMILES string of the molecule is CCCc1nnc(SCC(=O)O)n1-c1cnn(C(C)C)c1. The maximum Gasteiger partial charge on any atom is 0.313 e. The lowest BCUT2D eigenvalue weighted by atomic mass is 10.3. The number of hydrogen-bond acceptors (Lipinski definition) is 5. The summed E-state index contributed by atoms with van der Waals surface area (Å²) in [6.07, 6.45) is 5.42. The van der Waals surface area contributed by atoms with Crippen molar-refractivity contribution in [3.05, 3.63) is 18.2 Å². The Bertz CT molecular complexity index is 620. The molecule has 0 aliphatic carbocycles. The van der Waals surface area contributed by atoms with Crippen molar-refractivity contribution in [3.63, 3.8) is 0 Å². The normalized spacial score (nSPS) is 11.2. The van der Waals surface area contributed by atoms with E-state index in [-0.39, 0.29) is 11.8 Å². The first kappa shape index (κ1) is 15.6. The van der Waals surface area contributed by atoms with Crippen LogP contribution in [0.25, 0.3) is 5.69 Å². The third-order valence-corrected chi connectivity index (χ3v) is 3.79. The van der Waals surface area contributed by atoms with Crippen LogP contribution in [0.4, 0.5) is 0 Å². The zero-order chi connectivity index (χ0) is 15.4. The van der Waals surface area contributed by atoms with Gasteiger partial charge < -0.3 is 5.11 Å². The van der Waals surface area contributed by atoms with Gasteiger partial charge in [-0.25, -0.2) is 0 Å². The first-order chi connectivity index (χ1) is 10.0. The maximum absolute atomic E-state index is 10.8. The van der Waals surface area contributed by atoms with E-state index in [1.165, 1.54) is 11.8 Å². The zero-order valence-corrected chi connectivity index (χ0v) is 13.2. The van der Waals surface area contributed by atoms with Crippen molar-refractivity contribution in [1.29, 1.82) is 0 Å². The largest absolute Gasteiger partial charge is 0.481 e. The van der Waals surface area contributed by atoms with Gasteiger partial charge in [-0.1, -0.05) is 18.7 Å². The molecule has 21 heavy (non-hydrogen) atoms. The molecule has 2 rings (SSSR count). The molecule has 2 heterocycles. The minimum atomic E-state index is -0.871. The maximum atomic E-state index is 10.8. The van der Waals surface area contributed by atoms with Crippen molar-refractivity contribution in [3.8, 4) is 5.69 Å². The molecule has 0 aromatic carbocycles. The highest BCUT2D eigenvalue weighted by Crippen LogP contribution is 2.23. The molecule has 0 saturated heterocycles. The number of carboxylic acids is 1. The monoisotopic (exact) mass is 309 g/mol. The van der Waals surface area contributed by atoms with Gasteiger partial charge in [0.25, 0.3) is 0 Å².